The zero-order valence-electron chi connectivity index (χ0n) is 8.48. The van der Waals surface area contributed by atoms with E-state index in [-0.39, 0.29) is 0 Å². The van der Waals surface area contributed by atoms with Crippen LogP contribution in [-0.4, -0.2) is 13.1 Å². The quantitative estimate of drug-likeness (QED) is 0.625. The fourth-order valence-electron chi connectivity index (χ4n) is 1.39. The van der Waals surface area contributed by atoms with Crippen LogP contribution in [0.4, 0.5) is 0 Å². The van der Waals surface area contributed by atoms with Crippen LogP contribution in [0.2, 0.25) is 0 Å². The Morgan fingerprint density at radius 3 is 2.36 bits per heavy atom. The molecule has 0 saturated carbocycles. The van der Waals surface area contributed by atoms with Crippen LogP contribution >= 0.6 is 0 Å². The number of unbranched alkanes of at least 4 members (excludes halogenated alkanes) is 1. The molecule has 0 amide bonds. The van der Waals surface area contributed by atoms with E-state index in [0.717, 1.165) is 5.92 Å². The first kappa shape index (κ1) is 11.0. The molecule has 0 spiro atoms. The maximum Gasteiger partial charge on any atom is 0.00382 e. The first-order valence-corrected chi connectivity index (χ1v) is 4.88. The van der Waals surface area contributed by atoms with Crippen molar-refractivity contribution in [2.24, 2.45) is 5.92 Å². The Bertz CT molecular complexity index is 80.9. The fraction of sp³-hybridized carbons (Fsp3) is 1.00. The van der Waals surface area contributed by atoms with Crippen LogP contribution in [0.5, 0.6) is 0 Å². The molecule has 0 aromatic rings. The lowest BCUT2D eigenvalue weighted by molar-refractivity contribution is 0.409. The summed E-state index contributed by atoms with van der Waals surface area (Å²) in [6, 6.07) is 0.682. The maximum atomic E-state index is 3.27. The molecule has 11 heavy (non-hydrogen) atoms. The van der Waals surface area contributed by atoms with Gasteiger partial charge < -0.3 is 5.32 Å². The van der Waals surface area contributed by atoms with Gasteiger partial charge in [-0.2, -0.15) is 0 Å². The van der Waals surface area contributed by atoms with Crippen LogP contribution in [0.1, 0.15) is 46.5 Å². The van der Waals surface area contributed by atoms with Crippen molar-refractivity contribution in [1.29, 1.82) is 0 Å². The molecular formula is C10H23N. The molecule has 0 aliphatic carbocycles. The first-order chi connectivity index (χ1) is 5.20. The molecule has 1 heteroatoms. The highest BCUT2D eigenvalue weighted by Crippen LogP contribution is 2.13. The van der Waals surface area contributed by atoms with E-state index in [4.69, 9.17) is 0 Å². The summed E-state index contributed by atoms with van der Waals surface area (Å²) in [4.78, 5) is 0. The summed E-state index contributed by atoms with van der Waals surface area (Å²) in [6.07, 6.45) is 5.43. The van der Waals surface area contributed by atoms with Gasteiger partial charge in [-0.15, -0.1) is 0 Å². The minimum absolute atomic E-state index is 0.682. The summed E-state index contributed by atoms with van der Waals surface area (Å²) in [5.74, 6) is 0.886. The van der Waals surface area contributed by atoms with E-state index in [2.05, 4.69) is 26.1 Å². The summed E-state index contributed by atoms with van der Waals surface area (Å²) >= 11 is 0. The Balaban J connectivity index is 3.27. The lowest BCUT2D eigenvalue weighted by Gasteiger charge is -2.15. The van der Waals surface area contributed by atoms with Crippen LogP contribution in [0, 0.1) is 5.92 Å². The second-order valence-corrected chi connectivity index (χ2v) is 3.67. The zero-order chi connectivity index (χ0) is 8.69. The fourth-order valence-corrected chi connectivity index (χ4v) is 1.39. The molecule has 1 nitrogen and oxygen atoms in total. The summed E-state index contributed by atoms with van der Waals surface area (Å²) < 4.78 is 0. The second kappa shape index (κ2) is 6.66. The van der Waals surface area contributed by atoms with Gasteiger partial charge in [-0.25, -0.2) is 0 Å². The van der Waals surface area contributed by atoms with E-state index >= 15 is 0 Å². The molecule has 0 aliphatic rings. The minimum atomic E-state index is 0.682. The van der Waals surface area contributed by atoms with Crippen molar-refractivity contribution in [3.05, 3.63) is 0 Å². The number of nitrogens with one attached hydrogen (secondary N) is 1. The molecule has 0 bridgehead atoms. The largest absolute Gasteiger partial charge is 0.317 e. The Hall–Kier alpha value is -0.0400. The topological polar surface area (TPSA) is 12.0 Å². The second-order valence-electron chi connectivity index (χ2n) is 3.67. The average molecular weight is 157 g/mol. The predicted molar refractivity (Wildman–Crippen MR) is 51.8 cm³/mol. The van der Waals surface area contributed by atoms with E-state index in [9.17, 15) is 0 Å². The molecule has 0 rings (SSSR count). The number of hydrogen-bond donors (Lipinski definition) is 1. The monoisotopic (exact) mass is 157 g/mol. The molecule has 0 heterocycles. The molecular weight excluding hydrogens is 134 g/mol. The standard InChI is InChI=1S/C10H23N/c1-5-6-7-9(2)8-10(3)11-4/h9-11H,5-8H2,1-4H3. The van der Waals surface area contributed by atoms with Gasteiger partial charge in [0, 0.05) is 6.04 Å². The molecule has 0 fully saturated rings. The van der Waals surface area contributed by atoms with Crippen LogP contribution in [0.15, 0.2) is 0 Å². The zero-order valence-corrected chi connectivity index (χ0v) is 8.48. The third kappa shape index (κ3) is 6.36. The van der Waals surface area contributed by atoms with Crippen molar-refractivity contribution in [2.75, 3.05) is 7.05 Å². The van der Waals surface area contributed by atoms with Crippen LogP contribution in [0.25, 0.3) is 0 Å². The minimum Gasteiger partial charge on any atom is -0.317 e. The lowest BCUT2D eigenvalue weighted by atomic mass is 9.97. The predicted octanol–water partition coefficient (Wildman–Crippen LogP) is 2.81. The van der Waals surface area contributed by atoms with Crippen molar-refractivity contribution in [1.82, 2.24) is 5.32 Å². The highest BCUT2D eigenvalue weighted by molar-refractivity contribution is 4.62. The third-order valence-electron chi connectivity index (χ3n) is 2.30. The van der Waals surface area contributed by atoms with Gasteiger partial charge in [0.2, 0.25) is 0 Å². The van der Waals surface area contributed by atoms with Crippen LogP contribution in [0.3, 0.4) is 0 Å². The van der Waals surface area contributed by atoms with Crippen molar-refractivity contribution < 1.29 is 0 Å². The van der Waals surface area contributed by atoms with E-state index in [1.54, 1.807) is 0 Å². The van der Waals surface area contributed by atoms with Gasteiger partial charge in [0.05, 0.1) is 0 Å². The van der Waals surface area contributed by atoms with Gasteiger partial charge >= 0.3 is 0 Å². The molecule has 68 valence electrons. The van der Waals surface area contributed by atoms with Crippen molar-refractivity contribution in [3.63, 3.8) is 0 Å². The van der Waals surface area contributed by atoms with Gasteiger partial charge in [-0.05, 0) is 26.3 Å². The van der Waals surface area contributed by atoms with Crippen molar-refractivity contribution >= 4 is 0 Å². The molecule has 0 aliphatic heterocycles. The Morgan fingerprint density at radius 1 is 1.27 bits per heavy atom. The highest BCUT2D eigenvalue weighted by atomic mass is 14.8. The highest BCUT2D eigenvalue weighted by Gasteiger charge is 2.05. The molecule has 2 atom stereocenters. The molecule has 0 saturated heterocycles. The first-order valence-electron chi connectivity index (χ1n) is 4.88. The smallest absolute Gasteiger partial charge is 0.00382 e. The van der Waals surface area contributed by atoms with E-state index < -0.39 is 0 Å². The normalized spacial score (nSPS) is 16.4. The lowest BCUT2D eigenvalue weighted by Crippen LogP contribution is -2.23. The van der Waals surface area contributed by atoms with Gasteiger partial charge in [0.15, 0.2) is 0 Å². The average Bonchev–Trinajstić information content (AvgIpc) is 2.00. The summed E-state index contributed by atoms with van der Waals surface area (Å²) in [7, 11) is 2.04. The van der Waals surface area contributed by atoms with Gasteiger partial charge in [-0.1, -0.05) is 33.1 Å². The Kier molecular flexibility index (Phi) is 6.63. The van der Waals surface area contributed by atoms with Gasteiger partial charge in [-0.3, -0.25) is 0 Å². The van der Waals surface area contributed by atoms with E-state index in [0.29, 0.717) is 6.04 Å². The SMILES string of the molecule is CCCCC(C)CC(C)NC. The van der Waals surface area contributed by atoms with E-state index in [1.807, 2.05) is 7.05 Å². The third-order valence-corrected chi connectivity index (χ3v) is 2.30. The number of hydrogen-bond acceptors (Lipinski definition) is 1. The van der Waals surface area contributed by atoms with Crippen molar-refractivity contribution in [2.45, 2.75) is 52.5 Å². The molecule has 0 aromatic carbocycles. The number of rotatable bonds is 6. The molecule has 1 N–H and O–H groups in total. The summed E-state index contributed by atoms with van der Waals surface area (Å²) in [6.45, 7) is 6.86. The van der Waals surface area contributed by atoms with Gasteiger partial charge in [0.25, 0.3) is 0 Å². The maximum absolute atomic E-state index is 3.27. The Morgan fingerprint density at radius 2 is 1.91 bits per heavy atom. The van der Waals surface area contributed by atoms with Gasteiger partial charge in [0.1, 0.15) is 0 Å². The molecule has 2 unspecified atom stereocenters. The van der Waals surface area contributed by atoms with Crippen LogP contribution in [-0.2, 0) is 0 Å². The Labute approximate surface area is 71.6 Å². The molecule has 0 aromatic heterocycles. The van der Waals surface area contributed by atoms with Crippen molar-refractivity contribution in [3.8, 4) is 0 Å². The summed E-state index contributed by atoms with van der Waals surface area (Å²) in [5, 5.41) is 3.27. The van der Waals surface area contributed by atoms with E-state index in [1.165, 1.54) is 25.7 Å². The van der Waals surface area contributed by atoms with Crippen LogP contribution < -0.4 is 5.32 Å². The molecule has 0 radical (unpaired) electrons. The summed E-state index contributed by atoms with van der Waals surface area (Å²) in [5.41, 5.74) is 0.